The van der Waals surface area contributed by atoms with E-state index in [1.54, 1.807) is 20.8 Å². The zero-order valence-electron chi connectivity index (χ0n) is 10.6. The maximum Gasteiger partial charge on any atom is 0.191 e. The van der Waals surface area contributed by atoms with Crippen LogP contribution in [0.2, 0.25) is 0 Å². The molecule has 1 aliphatic heterocycles. The quantitative estimate of drug-likeness (QED) is 0.376. The van der Waals surface area contributed by atoms with Gasteiger partial charge in [-0.15, -0.1) is 0 Å². The Hall–Kier alpha value is 0.0134. The number of hydrogen-bond acceptors (Lipinski definition) is 4. The van der Waals surface area contributed by atoms with Gasteiger partial charge in [-0.05, 0) is 12.0 Å². The van der Waals surface area contributed by atoms with Crippen molar-refractivity contribution in [3.63, 3.8) is 0 Å². The SMILES string of the molecule is CC(C)(C)C(=O)[O-].CSC1=NC(Cl)=C=C(Cl)[N]1.[Zn]. The number of carbonyl (C=O) groups is 1. The van der Waals surface area contributed by atoms with Crippen molar-refractivity contribution in [1.29, 1.82) is 0 Å². The molecule has 1 rings (SSSR count). The van der Waals surface area contributed by atoms with Crippen LogP contribution in [-0.4, -0.2) is 17.4 Å². The van der Waals surface area contributed by atoms with Crippen molar-refractivity contribution in [3.05, 3.63) is 16.0 Å². The Bertz CT molecular complexity index is 399. The van der Waals surface area contributed by atoms with E-state index >= 15 is 0 Å². The van der Waals surface area contributed by atoms with E-state index in [2.05, 4.69) is 16.0 Å². The van der Waals surface area contributed by atoms with Crippen LogP contribution in [0.15, 0.2) is 21.0 Å². The van der Waals surface area contributed by atoms with Gasteiger partial charge in [0.05, 0.1) is 0 Å². The number of rotatable bonds is 0. The van der Waals surface area contributed by atoms with Crippen molar-refractivity contribution in [1.82, 2.24) is 5.32 Å². The molecule has 0 aromatic rings. The Kier molecular flexibility index (Phi) is 10.2. The molecule has 4 nitrogen and oxygen atoms in total. The van der Waals surface area contributed by atoms with E-state index in [9.17, 15) is 9.90 Å². The molecule has 18 heavy (non-hydrogen) atoms. The van der Waals surface area contributed by atoms with Gasteiger partial charge in [-0.25, -0.2) is 10.3 Å². The van der Waals surface area contributed by atoms with Crippen molar-refractivity contribution in [3.8, 4) is 0 Å². The summed E-state index contributed by atoms with van der Waals surface area (Å²) in [6.07, 6.45) is 1.85. The van der Waals surface area contributed by atoms with Crippen LogP contribution < -0.4 is 10.4 Å². The summed E-state index contributed by atoms with van der Waals surface area (Å²) in [6, 6.07) is 0. The second-order valence-corrected chi connectivity index (χ2v) is 5.44. The van der Waals surface area contributed by atoms with Crippen LogP contribution in [-0.2, 0) is 24.3 Å². The summed E-state index contributed by atoms with van der Waals surface area (Å²) in [5, 5.41) is 14.8. The van der Waals surface area contributed by atoms with Gasteiger partial charge >= 0.3 is 0 Å². The normalized spacial score (nSPS) is 13.8. The van der Waals surface area contributed by atoms with E-state index in [-0.39, 0.29) is 29.8 Å². The minimum absolute atomic E-state index is 0. The van der Waals surface area contributed by atoms with Gasteiger partial charge in [0.2, 0.25) is 0 Å². The number of carbonyl (C=O) groups excluding carboxylic acids is 1. The van der Waals surface area contributed by atoms with Gasteiger partial charge in [-0.3, -0.25) is 0 Å². The first-order valence-corrected chi connectivity index (χ1v) is 6.52. The molecule has 0 aromatic carbocycles. The predicted molar refractivity (Wildman–Crippen MR) is 69.8 cm³/mol. The Morgan fingerprint density at radius 1 is 1.33 bits per heavy atom. The van der Waals surface area contributed by atoms with Crippen molar-refractivity contribution in [2.75, 3.05) is 6.26 Å². The second kappa shape index (κ2) is 9.00. The fourth-order valence-electron chi connectivity index (χ4n) is 0.425. The summed E-state index contributed by atoms with van der Waals surface area (Å²) in [4.78, 5) is 13.7. The van der Waals surface area contributed by atoms with Crippen molar-refractivity contribution in [2.24, 2.45) is 10.4 Å². The molecule has 0 saturated carbocycles. The van der Waals surface area contributed by atoms with E-state index in [0.717, 1.165) is 0 Å². The third-order valence-electron chi connectivity index (χ3n) is 1.39. The van der Waals surface area contributed by atoms with Crippen LogP contribution in [0.4, 0.5) is 0 Å². The van der Waals surface area contributed by atoms with Crippen LogP contribution in [0.1, 0.15) is 20.8 Å². The Morgan fingerprint density at radius 3 is 2.06 bits per heavy atom. The first kappa shape index (κ1) is 20.3. The molecule has 0 bridgehead atoms. The molecule has 0 atom stereocenters. The molecule has 1 radical (unpaired) electrons. The van der Waals surface area contributed by atoms with Crippen molar-refractivity contribution < 1.29 is 29.4 Å². The van der Waals surface area contributed by atoms with Crippen LogP contribution in [0.25, 0.3) is 0 Å². The average Bonchev–Trinajstić information content (AvgIpc) is 2.15. The Morgan fingerprint density at radius 2 is 1.78 bits per heavy atom. The van der Waals surface area contributed by atoms with E-state index in [1.165, 1.54) is 11.8 Å². The molecule has 0 spiro atoms. The summed E-state index contributed by atoms with van der Waals surface area (Å²) < 4.78 is 0. The number of aliphatic imine (C=N–C) groups is 1. The number of carboxylic acids is 1. The summed E-state index contributed by atoms with van der Waals surface area (Å²) in [6.45, 7) is 4.80. The fraction of sp³-hybridized carbons (Fsp3) is 0.500. The summed E-state index contributed by atoms with van der Waals surface area (Å²) in [5.74, 6) is -1.01. The van der Waals surface area contributed by atoms with Crippen LogP contribution >= 0.6 is 35.0 Å². The maximum atomic E-state index is 9.91. The maximum absolute atomic E-state index is 9.91. The van der Waals surface area contributed by atoms with Crippen molar-refractivity contribution >= 4 is 46.1 Å². The van der Waals surface area contributed by atoms with E-state index in [4.69, 9.17) is 23.2 Å². The monoisotopic (exact) mass is 358 g/mol. The van der Waals surface area contributed by atoms with Gasteiger partial charge in [-0.1, -0.05) is 55.7 Å². The number of nitrogens with zero attached hydrogens (tertiary/aromatic N) is 2. The van der Waals surface area contributed by atoms with Crippen LogP contribution in [0, 0.1) is 5.41 Å². The number of aliphatic carboxylic acids is 1. The molecule has 97 valence electrons. The second-order valence-electron chi connectivity index (χ2n) is 3.95. The number of hydrogen-bond donors (Lipinski definition) is 0. The molecular formula is C10H12Cl2N2O2SZn-. The minimum Gasteiger partial charge on any atom is -0.550 e. The fourth-order valence-corrected chi connectivity index (χ4v) is 1.28. The zero-order valence-corrected chi connectivity index (χ0v) is 15.9. The standard InChI is InChI=1S/C5H3Cl2N2S.C5H10O2.Zn/c1-10-5-8-3(6)2-4(7)9-5;1-5(2,3)4(6)7;/h1H3;1-3H3,(H,6,7);/p-1. The smallest absolute Gasteiger partial charge is 0.191 e. The number of amidine groups is 1. The van der Waals surface area contributed by atoms with E-state index in [0.29, 0.717) is 5.17 Å². The molecule has 0 amide bonds. The summed E-state index contributed by atoms with van der Waals surface area (Å²) in [5.41, 5.74) is 1.85. The minimum atomic E-state index is -1.01. The number of thioether (sulfide) groups is 1. The van der Waals surface area contributed by atoms with E-state index < -0.39 is 11.4 Å². The van der Waals surface area contributed by atoms with E-state index in [1.807, 2.05) is 6.26 Å². The number of halogens is 2. The Balaban J connectivity index is 0. The molecule has 0 aromatic heterocycles. The molecule has 8 heteroatoms. The Labute approximate surface area is 134 Å². The predicted octanol–water partition coefficient (Wildman–Crippen LogP) is 1.86. The van der Waals surface area contributed by atoms with Gasteiger partial charge in [0.25, 0.3) is 0 Å². The first-order valence-electron chi connectivity index (χ1n) is 4.54. The summed E-state index contributed by atoms with van der Waals surface area (Å²) in [7, 11) is 0. The zero-order chi connectivity index (χ0) is 13.6. The molecule has 0 fully saturated rings. The topological polar surface area (TPSA) is 66.6 Å². The van der Waals surface area contributed by atoms with Crippen molar-refractivity contribution in [2.45, 2.75) is 20.8 Å². The molecule has 0 N–H and O–H groups in total. The summed E-state index contributed by atoms with van der Waals surface area (Å²) >= 11 is 12.4. The van der Waals surface area contributed by atoms with Gasteiger partial charge < -0.3 is 9.90 Å². The van der Waals surface area contributed by atoms with Gasteiger partial charge in [0.1, 0.15) is 0 Å². The van der Waals surface area contributed by atoms with Gasteiger partial charge in [-0.2, -0.15) is 0 Å². The molecule has 0 aliphatic carbocycles. The molecular weight excluding hydrogens is 348 g/mol. The number of carboxylic acid groups (broad SMARTS) is 1. The van der Waals surface area contributed by atoms with Gasteiger partial charge in [0.15, 0.2) is 15.5 Å². The van der Waals surface area contributed by atoms with Crippen LogP contribution in [0.5, 0.6) is 0 Å². The largest absolute Gasteiger partial charge is 0.550 e. The molecule has 1 aliphatic rings. The van der Waals surface area contributed by atoms with Gasteiger partial charge in [0, 0.05) is 30.9 Å². The molecule has 0 saturated heterocycles. The molecule has 0 unspecified atom stereocenters. The average molecular weight is 361 g/mol. The first-order chi connectivity index (χ1) is 7.66. The van der Waals surface area contributed by atoms with Crippen LogP contribution in [0.3, 0.4) is 0 Å². The third-order valence-corrected chi connectivity index (χ3v) is 2.29. The third kappa shape index (κ3) is 9.01. The molecule has 1 heterocycles.